The van der Waals surface area contributed by atoms with Crippen LogP contribution in [0.5, 0.6) is 0 Å². The van der Waals surface area contributed by atoms with Gasteiger partial charge in [-0.3, -0.25) is 19.2 Å². The molecule has 0 heterocycles. The summed E-state index contributed by atoms with van der Waals surface area (Å²) in [6, 6.07) is 10.3. The van der Waals surface area contributed by atoms with Gasteiger partial charge in [0.1, 0.15) is 0 Å². The molecule has 0 saturated carbocycles. The third-order valence-corrected chi connectivity index (χ3v) is 4.27. The van der Waals surface area contributed by atoms with Gasteiger partial charge in [-0.25, -0.2) is 0 Å². The van der Waals surface area contributed by atoms with Gasteiger partial charge in [-0.1, -0.05) is 30.3 Å². The van der Waals surface area contributed by atoms with E-state index in [1.54, 1.807) is 26.0 Å². The van der Waals surface area contributed by atoms with Gasteiger partial charge in [0.25, 0.3) is 0 Å². The van der Waals surface area contributed by atoms with E-state index in [1.165, 1.54) is 30.3 Å². The van der Waals surface area contributed by atoms with Crippen molar-refractivity contribution in [3.05, 3.63) is 70.3 Å². The Morgan fingerprint density at radius 3 is 1.89 bits per heavy atom. The summed E-state index contributed by atoms with van der Waals surface area (Å²) in [5, 5.41) is 0. The van der Waals surface area contributed by atoms with Gasteiger partial charge in [-0.2, -0.15) is 0 Å². The van der Waals surface area contributed by atoms with Gasteiger partial charge < -0.3 is 9.47 Å². The molecule has 0 bridgehead atoms. The second kappa shape index (κ2) is 7.73. The largest absolute Gasteiger partial charge is 0.346 e. The van der Waals surface area contributed by atoms with Crippen LogP contribution >= 0.6 is 0 Å². The molecule has 6 nitrogen and oxygen atoms in total. The van der Waals surface area contributed by atoms with E-state index in [4.69, 9.17) is 9.47 Å². The van der Waals surface area contributed by atoms with Crippen molar-refractivity contribution >= 4 is 23.1 Å². The van der Waals surface area contributed by atoms with Crippen molar-refractivity contribution < 1.29 is 28.7 Å². The van der Waals surface area contributed by atoms with E-state index < -0.39 is 29.4 Å². The molecular formula is C21H18O6. The molecule has 0 aliphatic heterocycles. The Morgan fingerprint density at radius 1 is 0.778 bits per heavy atom. The SMILES string of the molecule is CCOC(OCC)C(=O)c1ccc2c(c1)C(=O)C(=O)c1ccccc1C2=O. The van der Waals surface area contributed by atoms with Crippen LogP contribution in [-0.2, 0) is 9.47 Å². The Kier molecular flexibility index (Phi) is 5.39. The highest BCUT2D eigenvalue weighted by Crippen LogP contribution is 2.26. The van der Waals surface area contributed by atoms with Gasteiger partial charge in [-0.15, -0.1) is 0 Å². The second-order valence-corrected chi connectivity index (χ2v) is 5.90. The van der Waals surface area contributed by atoms with E-state index in [1.807, 2.05) is 0 Å². The van der Waals surface area contributed by atoms with Crippen LogP contribution in [0.15, 0.2) is 42.5 Å². The van der Waals surface area contributed by atoms with Crippen LogP contribution in [0.3, 0.4) is 0 Å². The highest BCUT2D eigenvalue weighted by Gasteiger charge is 2.33. The number of Topliss-reactive ketones (excluding diaryl/α,β-unsaturated/α-hetero) is 3. The third kappa shape index (κ3) is 3.37. The van der Waals surface area contributed by atoms with Gasteiger partial charge in [0.15, 0.2) is 5.78 Å². The summed E-state index contributed by atoms with van der Waals surface area (Å²) in [5.41, 5.74) is 0.395. The van der Waals surface area contributed by atoms with Crippen LogP contribution in [0.1, 0.15) is 60.8 Å². The van der Waals surface area contributed by atoms with Gasteiger partial charge in [0, 0.05) is 41.0 Å². The molecule has 0 N–H and O–H groups in total. The number of rotatable bonds is 6. The number of hydrogen-bond donors (Lipinski definition) is 0. The quantitative estimate of drug-likeness (QED) is 0.444. The fraction of sp³-hybridized carbons (Fsp3) is 0.238. The Balaban J connectivity index is 2.08. The molecule has 0 aromatic heterocycles. The first-order valence-electron chi connectivity index (χ1n) is 8.63. The molecule has 2 aromatic carbocycles. The monoisotopic (exact) mass is 366 g/mol. The summed E-state index contributed by atoms with van der Waals surface area (Å²) in [7, 11) is 0. The lowest BCUT2D eigenvalue weighted by Gasteiger charge is -2.16. The van der Waals surface area contributed by atoms with Gasteiger partial charge in [0.05, 0.1) is 0 Å². The molecule has 0 saturated heterocycles. The molecule has 1 aliphatic rings. The van der Waals surface area contributed by atoms with Gasteiger partial charge in [-0.05, 0) is 26.0 Å². The number of carbonyl (C=O) groups is 4. The summed E-state index contributed by atoms with van der Waals surface area (Å²) in [6.07, 6.45) is -1.11. The first kappa shape index (κ1) is 18.8. The fourth-order valence-corrected chi connectivity index (χ4v) is 2.99. The molecule has 0 unspecified atom stereocenters. The smallest absolute Gasteiger partial charge is 0.234 e. The Labute approximate surface area is 156 Å². The maximum Gasteiger partial charge on any atom is 0.234 e. The highest BCUT2D eigenvalue weighted by molar-refractivity contribution is 6.53. The van der Waals surface area contributed by atoms with Crippen molar-refractivity contribution in [3.63, 3.8) is 0 Å². The average Bonchev–Trinajstić information content (AvgIpc) is 2.77. The first-order chi connectivity index (χ1) is 13.0. The van der Waals surface area contributed by atoms with Gasteiger partial charge >= 0.3 is 0 Å². The van der Waals surface area contributed by atoms with Crippen LogP contribution in [0, 0.1) is 0 Å². The Bertz CT molecular complexity index is 937. The summed E-state index contributed by atoms with van der Waals surface area (Å²) in [4.78, 5) is 50.6. The summed E-state index contributed by atoms with van der Waals surface area (Å²) in [6.45, 7) is 4.00. The van der Waals surface area contributed by atoms with Crippen molar-refractivity contribution in [2.24, 2.45) is 0 Å². The van der Waals surface area contributed by atoms with Crippen molar-refractivity contribution in [3.8, 4) is 0 Å². The Morgan fingerprint density at radius 2 is 1.30 bits per heavy atom. The highest BCUT2D eigenvalue weighted by atomic mass is 16.7. The molecule has 138 valence electrons. The standard InChI is InChI=1S/C21H18O6/c1-3-26-21(27-4-2)17(22)12-9-10-15-16(11-12)20(25)19(24)14-8-6-5-7-13(14)18(15)23/h5-11,21H,3-4H2,1-2H3. The molecule has 2 aromatic rings. The minimum atomic E-state index is -1.11. The summed E-state index contributed by atoms with van der Waals surface area (Å²) in [5.74, 6) is -2.49. The number of ketones is 4. The molecule has 3 rings (SSSR count). The number of fused-ring (bicyclic) bond motifs is 2. The number of hydrogen-bond acceptors (Lipinski definition) is 6. The molecule has 0 amide bonds. The lowest BCUT2D eigenvalue weighted by atomic mass is 9.95. The predicted octanol–water partition coefficient (Wildman–Crippen LogP) is 2.88. The van der Waals surface area contributed by atoms with E-state index >= 15 is 0 Å². The third-order valence-electron chi connectivity index (χ3n) is 4.27. The second-order valence-electron chi connectivity index (χ2n) is 5.90. The first-order valence-corrected chi connectivity index (χ1v) is 8.63. The van der Waals surface area contributed by atoms with Crippen LogP contribution in [0.2, 0.25) is 0 Å². The lowest BCUT2D eigenvalue weighted by molar-refractivity contribution is -0.107. The van der Waals surface area contributed by atoms with E-state index in [2.05, 4.69) is 0 Å². The molecular weight excluding hydrogens is 348 g/mol. The van der Waals surface area contributed by atoms with Crippen LogP contribution in [0.25, 0.3) is 0 Å². The van der Waals surface area contributed by atoms with E-state index in [9.17, 15) is 19.2 Å². The van der Waals surface area contributed by atoms with Gasteiger partial charge in [0.2, 0.25) is 23.6 Å². The maximum absolute atomic E-state index is 12.8. The Hall–Kier alpha value is -2.96. The number of benzene rings is 2. The fourth-order valence-electron chi connectivity index (χ4n) is 2.99. The normalized spacial score (nSPS) is 13.4. The van der Waals surface area contributed by atoms with Crippen LogP contribution in [-0.4, -0.2) is 42.6 Å². The van der Waals surface area contributed by atoms with E-state index in [0.717, 1.165) is 0 Å². The van der Waals surface area contributed by atoms with Crippen molar-refractivity contribution in [2.45, 2.75) is 20.1 Å². The van der Waals surface area contributed by atoms with Crippen molar-refractivity contribution in [1.29, 1.82) is 0 Å². The predicted molar refractivity (Wildman–Crippen MR) is 96.3 cm³/mol. The topological polar surface area (TPSA) is 86.7 Å². The minimum absolute atomic E-state index is 0.0677. The summed E-state index contributed by atoms with van der Waals surface area (Å²) >= 11 is 0. The van der Waals surface area contributed by atoms with Crippen LogP contribution in [0.4, 0.5) is 0 Å². The average molecular weight is 366 g/mol. The molecule has 0 radical (unpaired) electrons. The molecule has 6 heteroatoms. The minimum Gasteiger partial charge on any atom is -0.346 e. The molecule has 27 heavy (non-hydrogen) atoms. The molecule has 0 spiro atoms. The van der Waals surface area contributed by atoms with Crippen molar-refractivity contribution in [2.75, 3.05) is 13.2 Å². The number of ether oxygens (including phenoxy) is 2. The van der Waals surface area contributed by atoms with E-state index in [0.29, 0.717) is 0 Å². The molecule has 0 fully saturated rings. The lowest BCUT2D eigenvalue weighted by Crippen LogP contribution is -2.28. The number of carbonyl (C=O) groups excluding carboxylic acids is 4. The molecule has 1 aliphatic carbocycles. The van der Waals surface area contributed by atoms with Crippen LogP contribution < -0.4 is 0 Å². The van der Waals surface area contributed by atoms with Crippen molar-refractivity contribution in [1.82, 2.24) is 0 Å². The summed E-state index contributed by atoms with van der Waals surface area (Å²) < 4.78 is 10.6. The zero-order chi connectivity index (χ0) is 19.6. The zero-order valence-electron chi connectivity index (χ0n) is 15.0. The maximum atomic E-state index is 12.8. The zero-order valence-corrected chi connectivity index (χ0v) is 15.0. The van der Waals surface area contributed by atoms with E-state index in [-0.39, 0.29) is 41.0 Å². The molecule has 0 atom stereocenters.